The van der Waals surface area contributed by atoms with Gasteiger partial charge in [-0.2, -0.15) is 0 Å². The second-order valence-corrected chi connectivity index (χ2v) is 10.4. The fourth-order valence-corrected chi connectivity index (χ4v) is 5.93. The number of carbonyl (C=O) groups excluding carboxylic acids is 2. The van der Waals surface area contributed by atoms with E-state index < -0.39 is 5.97 Å². The van der Waals surface area contributed by atoms with Crippen LogP contribution in [0.3, 0.4) is 0 Å². The zero-order valence-electron chi connectivity index (χ0n) is 22.1. The smallest absolute Gasteiger partial charge is 0.337 e. The minimum absolute atomic E-state index is 0.0130. The Bertz CT molecular complexity index is 1410. The molecule has 39 heavy (non-hydrogen) atoms. The van der Waals surface area contributed by atoms with Gasteiger partial charge in [-0.25, -0.2) is 9.78 Å². The Hall–Kier alpha value is -3.57. The van der Waals surface area contributed by atoms with Crippen molar-refractivity contribution >= 4 is 40.2 Å². The third-order valence-electron chi connectivity index (χ3n) is 7.13. The molecule has 2 aromatic carbocycles. The lowest BCUT2D eigenvalue weighted by molar-refractivity contribution is -0.128. The average molecular weight is 553 g/mol. The number of methoxy groups -OCH3 is 2. The number of thioether (sulfide) groups is 1. The van der Waals surface area contributed by atoms with Crippen molar-refractivity contribution in [2.24, 2.45) is 0 Å². The first-order valence-corrected chi connectivity index (χ1v) is 14.0. The monoisotopic (exact) mass is 552 g/mol. The van der Waals surface area contributed by atoms with Gasteiger partial charge < -0.3 is 24.0 Å². The van der Waals surface area contributed by atoms with Crippen LogP contribution in [0.5, 0.6) is 5.75 Å². The summed E-state index contributed by atoms with van der Waals surface area (Å²) >= 11 is 1.24. The van der Waals surface area contributed by atoms with Crippen LogP contribution in [0.25, 0.3) is 10.9 Å². The molecule has 2 aliphatic rings. The molecule has 3 heterocycles. The second-order valence-electron chi connectivity index (χ2n) is 9.50. The van der Waals surface area contributed by atoms with E-state index in [0.29, 0.717) is 61.0 Å². The summed E-state index contributed by atoms with van der Waals surface area (Å²) in [6, 6.07) is 12.6. The van der Waals surface area contributed by atoms with Crippen molar-refractivity contribution in [3.63, 3.8) is 0 Å². The number of rotatable bonds is 8. The average Bonchev–Trinajstić information content (AvgIpc) is 3.50. The summed E-state index contributed by atoms with van der Waals surface area (Å²) in [6.07, 6.45) is 1.74. The van der Waals surface area contributed by atoms with E-state index in [9.17, 15) is 14.4 Å². The van der Waals surface area contributed by atoms with Gasteiger partial charge in [0.1, 0.15) is 5.75 Å². The first kappa shape index (κ1) is 27.0. The van der Waals surface area contributed by atoms with E-state index in [1.807, 2.05) is 29.2 Å². The molecule has 3 aromatic rings. The Morgan fingerprint density at radius 2 is 1.90 bits per heavy atom. The highest BCUT2D eigenvalue weighted by Crippen LogP contribution is 2.29. The summed E-state index contributed by atoms with van der Waals surface area (Å²) in [5, 5.41) is 0.842. The standard InChI is InChI=1S/C28H32N4O6S/c1-36-24-8-4-3-7-23(24)30-11-13-31(14-12-30)25(33)18-39-28-29-22-16-19(27(35)37-2)9-10-21(22)26(34)32(28)17-20-6-5-15-38-20/h3-4,7-10,16,20H,5-6,11-15,17-18H2,1-2H3/t20-/m0/s1. The van der Waals surface area contributed by atoms with Crippen molar-refractivity contribution in [1.82, 2.24) is 14.5 Å². The lowest BCUT2D eigenvalue weighted by Crippen LogP contribution is -2.49. The van der Waals surface area contributed by atoms with Crippen molar-refractivity contribution in [2.45, 2.75) is 30.6 Å². The number of carbonyl (C=O) groups is 2. The minimum Gasteiger partial charge on any atom is -0.495 e. The molecule has 0 unspecified atom stereocenters. The molecule has 1 amide bonds. The molecule has 0 N–H and O–H groups in total. The maximum atomic E-state index is 13.5. The van der Waals surface area contributed by atoms with Crippen LogP contribution in [0.2, 0.25) is 0 Å². The van der Waals surface area contributed by atoms with E-state index in [2.05, 4.69) is 4.90 Å². The molecule has 0 aliphatic carbocycles. The summed E-state index contributed by atoms with van der Waals surface area (Å²) in [5.74, 6) is 0.448. The first-order chi connectivity index (χ1) is 19.0. The number of benzene rings is 2. The van der Waals surface area contributed by atoms with Crippen molar-refractivity contribution < 1.29 is 23.8 Å². The summed E-state index contributed by atoms with van der Waals surface area (Å²) < 4.78 is 17.7. The molecule has 2 fully saturated rings. The van der Waals surface area contributed by atoms with Crippen LogP contribution >= 0.6 is 11.8 Å². The van der Waals surface area contributed by atoms with Crippen LogP contribution in [0.1, 0.15) is 23.2 Å². The van der Waals surface area contributed by atoms with Gasteiger partial charge >= 0.3 is 5.97 Å². The van der Waals surface area contributed by atoms with Gasteiger partial charge in [0.05, 0.1) is 54.8 Å². The quantitative estimate of drug-likeness (QED) is 0.237. The van der Waals surface area contributed by atoms with Crippen LogP contribution in [0, 0.1) is 0 Å². The number of anilines is 1. The fourth-order valence-electron chi connectivity index (χ4n) is 5.01. The highest BCUT2D eigenvalue weighted by molar-refractivity contribution is 7.99. The molecule has 10 nitrogen and oxygen atoms in total. The summed E-state index contributed by atoms with van der Waals surface area (Å²) in [7, 11) is 2.97. The molecular weight excluding hydrogens is 520 g/mol. The molecule has 0 spiro atoms. The Kier molecular flexibility index (Phi) is 8.37. The number of nitrogens with zero attached hydrogens (tertiary/aromatic N) is 4. The molecule has 11 heteroatoms. The van der Waals surface area contributed by atoms with E-state index in [1.54, 1.807) is 29.9 Å². The van der Waals surface area contributed by atoms with E-state index in [4.69, 9.17) is 19.2 Å². The van der Waals surface area contributed by atoms with Crippen molar-refractivity contribution in [3.8, 4) is 5.75 Å². The summed E-state index contributed by atoms with van der Waals surface area (Å²) in [5.41, 5.74) is 1.51. The van der Waals surface area contributed by atoms with Gasteiger partial charge in [0.15, 0.2) is 5.16 Å². The van der Waals surface area contributed by atoms with Crippen molar-refractivity contribution in [2.75, 3.05) is 57.7 Å². The molecule has 5 rings (SSSR count). The molecule has 1 aromatic heterocycles. The van der Waals surface area contributed by atoms with E-state index in [-0.39, 0.29) is 23.3 Å². The molecule has 0 radical (unpaired) electrons. The largest absolute Gasteiger partial charge is 0.495 e. The van der Waals surface area contributed by atoms with Gasteiger partial charge in [0.25, 0.3) is 5.56 Å². The van der Waals surface area contributed by atoms with E-state index in [1.165, 1.54) is 18.9 Å². The summed E-state index contributed by atoms with van der Waals surface area (Å²) in [4.78, 5) is 47.5. The van der Waals surface area contributed by atoms with Crippen LogP contribution < -0.4 is 15.2 Å². The van der Waals surface area contributed by atoms with Crippen LogP contribution in [-0.4, -0.2) is 85.2 Å². The highest BCUT2D eigenvalue weighted by Gasteiger charge is 2.25. The number of para-hydroxylation sites is 2. The number of piperazine rings is 1. The van der Waals surface area contributed by atoms with Crippen molar-refractivity contribution in [1.29, 1.82) is 0 Å². The van der Waals surface area contributed by atoms with Gasteiger partial charge in [0.2, 0.25) is 5.91 Å². The lowest BCUT2D eigenvalue weighted by Gasteiger charge is -2.36. The summed E-state index contributed by atoms with van der Waals surface area (Å²) in [6.45, 7) is 3.62. The van der Waals surface area contributed by atoms with Crippen LogP contribution in [0.4, 0.5) is 5.69 Å². The molecular formula is C28H32N4O6S. The molecule has 0 saturated carbocycles. The third kappa shape index (κ3) is 5.89. The van der Waals surface area contributed by atoms with Crippen LogP contribution in [-0.2, 0) is 20.8 Å². The number of fused-ring (bicyclic) bond motifs is 1. The number of hydrogen-bond donors (Lipinski definition) is 0. The Morgan fingerprint density at radius 3 is 2.62 bits per heavy atom. The maximum Gasteiger partial charge on any atom is 0.337 e. The predicted octanol–water partition coefficient (Wildman–Crippen LogP) is 2.81. The van der Waals surface area contributed by atoms with E-state index >= 15 is 0 Å². The van der Waals surface area contributed by atoms with Gasteiger partial charge in [0, 0.05) is 32.8 Å². The molecule has 206 valence electrons. The van der Waals surface area contributed by atoms with Gasteiger partial charge in [-0.15, -0.1) is 0 Å². The Balaban J connectivity index is 1.32. The number of esters is 1. The number of hydrogen-bond acceptors (Lipinski definition) is 9. The molecule has 2 aliphatic heterocycles. The topological polar surface area (TPSA) is 103 Å². The zero-order chi connectivity index (χ0) is 27.4. The number of ether oxygens (including phenoxy) is 3. The first-order valence-electron chi connectivity index (χ1n) is 13.0. The highest BCUT2D eigenvalue weighted by atomic mass is 32.2. The Morgan fingerprint density at radius 1 is 1.10 bits per heavy atom. The minimum atomic E-state index is -0.501. The fraction of sp³-hybridized carbons (Fsp3) is 0.429. The normalized spacial score (nSPS) is 17.4. The molecule has 1 atom stereocenters. The Labute approximate surface area is 230 Å². The number of amides is 1. The maximum absolute atomic E-state index is 13.5. The van der Waals surface area contributed by atoms with E-state index in [0.717, 1.165) is 24.3 Å². The molecule has 0 bridgehead atoms. The van der Waals surface area contributed by atoms with Crippen LogP contribution in [0.15, 0.2) is 52.4 Å². The lowest BCUT2D eigenvalue weighted by atomic mass is 10.1. The van der Waals surface area contributed by atoms with Crippen molar-refractivity contribution in [3.05, 3.63) is 58.4 Å². The number of aromatic nitrogens is 2. The molecule has 2 saturated heterocycles. The van der Waals surface area contributed by atoms with Gasteiger partial charge in [-0.05, 0) is 43.2 Å². The van der Waals surface area contributed by atoms with Gasteiger partial charge in [-0.3, -0.25) is 14.2 Å². The zero-order valence-corrected chi connectivity index (χ0v) is 22.9. The third-order valence-corrected chi connectivity index (χ3v) is 8.10. The SMILES string of the molecule is COC(=O)c1ccc2c(=O)n(C[C@@H]3CCCO3)c(SCC(=O)N3CCN(c4ccccc4OC)CC3)nc2c1. The second kappa shape index (κ2) is 12.1. The predicted molar refractivity (Wildman–Crippen MR) is 149 cm³/mol. The van der Waals surface area contributed by atoms with Gasteiger partial charge in [-0.1, -0.05) is 23.9 Å².